The monoisotopic (exact) mass is 480 g/mol. The number of nitrogens with zero attached hydrogens (tertiary/aromatic N) is 3. The van der Waals surface area contributed by atoms with Gasteiger partial charge in [-0.25, -0.2) is 13.8 Å². The fraction of sp³-hybridized carbons (Fsp3) is 0.370. The second-order valence-electron chi connectivity index (χ2n) is 8.96. The summed E-state index contributed by atoms with van der Waals surface area (Å²) in [4.78, 5) is 8.71. The highest BCUT2D eigenvalue weighted by molar-refractivity contribution is 6.12. The number of nitrogens with one attached hydrogen (secondary N) is 1. The number of rotatable bonds is 10. The molecule has 0 aliphatic carbocycles. The quantitative estimate of drug-likeness (QED) is 0.334. The van der Waals surface area contributed by atoms with E-state index in [0.717, 1.165) is 69.5 Å². The molecule has 2 aromatic rings. The van der Waals surface area contributed by atoms with E-state index in [1.54, 1.807) is 29.3 Å². The highest BCUT2D eigenvalue weighted by Gasteiger charge is 2.27. The first kappa shape index (κ1) is 24.6. The molecule has 0 atom stereocenters. The molecule has 0 aromatic heterocycles. The van der Waals surface area contributed by atoms with Crippen LogP contribution in [-0.4, -0.2) is 32.0 Å². The molecular formula is C27H34F2N6. The molecule has 186 valence electrons. The Bertz CT molecular complexity index is 1100. The minimum Gasteiger partial charge on any atom is -0.405 e. The molecule has 2 aromatic carbocycles. The van der Waals surface area contributed by atoms with Crippen molar-refractivity contribution in [2.45, 2.75) is 38.5 Å². The first-order valence-electron chi connectivity index (χ1n) is 12.3. The maximum Gasteiger partial charge on any atom is 0.148 e. The number of anilines is 3. The molecule has 5 N–H and O–H groups in total. The summed E-state index contributed by atoms with van der Waals surface area (Å²) < 4.78 is 29.6. The Morgan fingerprint density at radius 3 is 2.57 bits per heavy atom. The van der Waals surface area contributed by atoms with Crippen LogP contribution in [0.3, 0.4) is 0 Å². The van der Waals surface area contributed by atoms with Gasteiger partial charge in [-0.05, 0) is 74.7 Å². The zero-order valence-electron chi connectivity index (χ0n) is 20.0. The molecule has 0 unspecified atom stereocenters. The first-order valence-corrected chi connectivity index (χ1v) is 12.3. The van der Waals surface area contributed by atoms with Crippen LogP contribution in [0.4, 0.5) is 25.8 Å². The molecule has 1 saturated heterocycles. The molecule has 2 aliphatic rings. The van der Waals surface area contributed by atoms with Gasteiger partial charge in [-0.3, -0.25) is 0 Å². The van der Waals surface area contributed by atoms with Crippen LogP contribution >= 0.6 is 0 Å². The lowest BCUT2D eigenvalue weighted by molar-refractivity contribution is 0.626. The molecule has 2 aliphatic heterocycles. The Hall–Kier alpha value is -3.55. The van der Waals surface area contributed by atoms with Gasteiger partial charge in [-0.15, -0.1) is 0 Å². The van der Waals surface area contributed by atoms with Gasteiger partial charge in [0.15, 0.2) is 0 Å². The first-order chi connectivity index (χ1) is 17.1. The van der Waals surface area contributed by atoms with Gasteiger partial charge in [0, 0.05) is 37.1 Å². The molecule has 1 fully saturated rings. The summed E-state index contributed by atoms with van der Waals surface area (Å²) in [7, 11) is 0. The Morgan fingerprint density at radius 1 is 1.00 bits per heavy atom. The molecule has 0 amide bonds. The summed E-state index contributed by atoms with van der Waals surface area (Å²) >= 11 is 0. The number of halogens is 2. The standard InChI is InChI=1S/C27H34F2N6/c28-23-16-20(8-10-25(23)31)27-33-21(18-32-13-5-3-1-2-4-12-30)19-35(27)26-11-9-22(17-24(26)29)34-14-6-7-15-34/h4,8-12,16-18,32H,1-3,5-7,13-15,19,30-31H2/b12-4-,21-18-. The van der Waals surface area contributed by atoms with Crippen molar-refractivity contribution >= 4 is 22.9 Å². The number of unbranched alkanes of at least 4 members (excludes halogenated alkanes) is 3. The Balaban J connectivity index is 1.51. The number of hydrogen-bond acceptors (Lipinski definition) is 6. The highest BCUT2D eigenvalue weighted by Crippen LogP contribution is 2.31. The van der Waals surface area contributed by atoms with Crippen molar-refractivity contribution in [3.63, 3.8) is 0 Å². The molecule has 2 heterocycles. The largest absolute Gasteiger partial charge is 0.405 e. The van der Waals surface area contributed by atoms with E-state index >= 15 is 4.39 Å². The topological polar surface area (TPSA) is 82.9 Å². The van der Waals surface area contributed by atoms with E-state index in [9.17, 15) is 4.39 Å². The summed E-state index contributed by atoms with van der Waals surface area (Å²) in [6.45, 7) is 3.09. The summed E-state index contributed by atoms with van der Waals surface area (Å²) in [5.74, 6) is -0.341. The van der Waals surface area contributed by atoms with Gasteiger partial charge in [0.2, 0.25) is 0 Å². The smallest absolute Gasteiger partial charge is 0.148 e. The minimum atomic E-state index is -0.518. The van der Waals surface area contributed by atoms with Crippen molar-refractivity contribution in [3.05, 3.63) is 77.8 Å². The lowest BCUT2D eigenvalue weighted by Crippen LogP contribution is -2.29. The van der Waals surface area contributed by atoms with Crippen molar-refractivity contribution in [1.82, 2.24) is 5.32 Å². The Kier molecular flexibility index (Phi) is 8.23. The van der Waals surface area contributed by atoms with Crippen molar-refractivity contribution in [3.8, 4) is 0 Å². The molecular weight excluding hydrogens is 446 g/mol. The third kappa shape index (κ3) is 6.12. The van der Waals surface area contributed by atoms with E-state index < -0.39 is 5.82 Å². The third-order valence-corrected chi connectivity index (χ3v) is 6.37. The van der Waals surface area contributed by atoms with E-state index in [0.29, 0.717) is 23.6 Å². The van der Waals surface area contributed by atoms with E-state index in [-0.39, 0.29) is 11.5 Å². The Labute approximate surface area is 206 Å². The van der Waals surface area contributed by atoms with Crippen LogP contribution in [0.25, 0.3) is 0 Å². The predicted octanol–water partition coefficient (Wildman–Crippen LogP) is 4.88. The van der Waals surface area contributed by atoms with Crippen LogP contribution < -0.4 is 26.6 Å². The molecule has 6 nitrogen and oxygen atoms in total. The van der Waals surface area contributed by atoms with Gasteiger partial charge in [0.05, 0.1) is 23.6 Å². The maximum absolute atomic E-state index is 15.3. The molecule has 0 saturated carbocycles. The summed E-state index contributed by atoms with van der Waals surface area (Å²) in [6, 6.07) is 9.90. The van der Waals surface area contributed by atoms with Crippen molar-refractivity contribution in [2.75, 3.05) is 41.7 Å². The summed E-state index contributed by atoms with van der Waals surface area (Å²) in [5, 5.41) is 3.31. The van der Waals surface area contributed by atoms with Gasteiger partial charge in [0.1, 0.15) is 17.5 Å². The van der Waals surface area contributed by atoms with Gasteiger partial charge in [-0.1, -0.05) is 12.5 Å². The van der Waals surface area contributed by atoms with Crippen molar-refractivity contribution < 1.29 is 8.78 Å². The molecule has 0 spiro atoms. The van der Waals surface area contributed by atoms with Gasteiger partial charge in [0.25, 0.3) is 0 Å². The lowest BCUT2D eigenvalue weighted by Gasteiger charge is -2.23. The number of hydrogen-bond donors (Lipinski definition) is 3. The lowest BCUT2D eigenvalue weighted by atomic mass is 10.1. The van der Waals surface area contributed by atoms with E-state index in [1.165, 1.54) is 12.1 Å². The number of allylic oxidation sites excluding steroid dienone is 1. The molecule has 0 bridgehead atoms. The summed E-state index contributed by atoms with van der Waals surface area (Å²) in [5.41, 5.74) is 13.7. The molecule has 35 heavy (non-hydrogen) atoms. The van der Waals surface area contributed by atoms with Gasteiger partial charge < -0.3 is 26.6 Å². The van der Waals surface area contributed by atoms with E-state index in [1.807, 2.05) is 18.3 Å². The average Bonchev–Trinajstić information content (AvgIpc) is 3.53. The van der Waals surface area contributed by atoms with Crippen LogP contribution in [0.2, 0.25) is 0 Å². The van der Waals surface area contributed by atoms with Crippen LogP contribution in [0.5, 0.6) is 0 Å². The normalized spacial score (nSPS) is 17.1. The predicted molar refractivity (Wildman–Crippen MR) is 140 cm³/mol. The maximum atomic E-state index is 15.3. The van der Waals surface area contributed by atoms with Crippen LogP contribution in [0.1, 0.15) is 44.1 Å². The molecule has 0 radical (unpaired) electrons. The minimum absolute atomic E-state index is 0.0689. The Morgan fingerprint density at radius 2 is 1.83 bits per heavy atom. The molecule has 4 rings (SSSR count). The second kappa shape index (κ2) is 11.7. The number of aliphatic imine (C=N–C) groups is 1. The zero-order valence-corrected chi connectivity index (χ0v) is 20.0. The fourth-order valence-electron chi connectivity index (χ4n) is 4.47. The number of nitrogens with two attached hydrogens (primary N) is 2. The van der Waals surface area contributed by atoms with Crippen molar-refractivity contribution in [2.24, 2.45) is 10.7 Å². The summed E-state index contributed by atoms with van der Waals surface area (Å²) in [6.07, 6.45) is 11.9. The SMILES string of the molecule is N/C=C\CCCCCN/C=C1/CN(c2ccc(N3CCCC3)cc2F)C(c2ccc(N)c(F)c2)=N1. The second-order valence-corrected chi connectivity index (χ2v) is 8.96. The highest BCUT2D eigenvalue weighted by atomic mass is 19.1. The van der Waals surface area contributed by atoms with Gasteiger partial charge in [-0.2, -0.15) is 0 Å². The van der Waals surface area contributed by atoms with E-state index in [4.69, 9.17) is 16.5 Å². The van der Waals surface area contributed by atoms with Crippen molar-refractivity contribution in [1.29, 1.82) is 0 Å². The number of nitrogen functional groups attached to an aromatic ring is 1. The zero-order chi connectivity index (χ0) is 24.6. The van der Waals surface area contributed by atoms with Crippen LogP contribution in [-0.2, 0) is 0 Å². The van der Waals surface area contributed by atoms with Crippen LogP contribution in [0, 0.1) is 11.6 Å². The van der Waals surface area contributed by atoms with Gasteiger partial charge >= 0.3 is 0 Å². The number of amidine groups is 1. The third-order valence-electron chi connectivity index (χ3n) is 6.37. The fourth-order valence-corrected chi connectivity index (χ4v) is 4.47. The van der Waals surface area contributed by atoms with E-state index in [2.05, 4.69) is 10.2 Å². The molecule has 8 heteroatoms. The van der Waals surface area contributed by atoms with Crippen LogP contribution in [0.15, 0.2) is 65.6 Å². The number of benzene rings is 2. The average molecular weight is 481 g/mol.